The topological polar surface area (TPSA) is 29.1 Å². The summed E-state index contributed by atoms with van der Waals surface area (Å²) >= 11 is 1.82. The zero-order valence-electron chi connectivity index (χ0n) is 26.0. The average Bonchev–Trinajstić information content (AvgIpc) is 3.40. The van der Waals surface area contributed by atoms with Crippen LogP contribution < -0.4 is 5.32 Å². The molecule has 216 valence electrons. The van der Waals surface area contributed by atoms with Crippen molar-refractivity contribution in [1.29, 1.82) is 0 Å². The average molecular weight is 566 g/mol. The lowest BCUT2D eigenvalue weighted by Gasteiger charge is -2.29. The summed E-state index contributed by atoms with van der Waals surface area (Å²) in [6.45, 7) is 15.3. The van der Waals surface area contributed by atoms with Gasteiger partial charge in [-0.2, -0.15) is 0 Å². The fourth-order valence-electron chi connectivity index (χ4n) is 5.77. The van der Waals surface area contributed by atoms with Crippen LogP contribution in [0.1, 0.15) is 105 Å². The number of ketones is 1. The predicted molar refractivity (Wildman–Crippen MR) is 179 cm³/mol. The Morgan fingerprint density at radius 3 is 2.34 bits per heavy atom. The maximum Gasteiger partial charge on any atom is 0.166 e. The zero-order valence-corrected chi connectivity index (χ0v) is 26.8. The van der Waals surface area contributed by atoms with Gasteiger partial charge in [0, 0.05) is 32.6 Å². The lowest BCUT2D eigenvalue weighted by molar-refractivity contribution is -0.119. The van der Waals surface area contributed by atoms with Crippen LogP contribution in [0.3, 0.4) is 0 Å². The lowest BCUT2D eigenvalue weighted by atomic mass is 9.78. The van der Waals surface area contributed by atoms with Crippen LogP contribution in [0.2, 0.25) is 0 Å². The number of allylic oxidation sites excluding steroid dienone is 4. The number of carbonyl (C=O) groups excluding carboxylic acids is 1. The second-order valence-electron chi connectivity index (χ2n) is 11.7. The van der Waals surface area contributed by atoms with E-state index in [-0.39, 0.29) is 17.6 Å². The quantitative estimate of drug-likeness (QED) is 0.234. The first kappa shape index (κ1) is 30.8. The molecule has 0 saturated heterocycles. The van der Waals surface area contributed by atoms with Gasteiger partial charge < -0.3 is 5.32 Å². The van der Waals surface area contributed by atoms with Crippen LogP contribution >= 0.6 is 11.3 Å². The largest absolute Gasteiger partial charge is 0.355 e. The molecule has 1 N–H and O–H groups in total. The number of hydrogen-bond acceptors (Lipinski definition) is 3. The van der Waals surface area contributed by atoms with E-state index >= 15 is 0 Å². The summed E-state index contributed by atoms with van der Waals surface area (Å²) in [4.78, 5) is 16.9. The molecule has 41 heavy (non-hydrogen) atoms. The molecule has 3 atom stereocenters. The molecule has 0 spiro atoms. The van der Waals surface area contributed by atoms with E-state index in [1.807, 2.05) is 17.4 Å². The van der Waals surface area contributed by atoms with Crippen molar-refractivity contribution in [1.82, 2.24) is 0 Å². The fraction of sp³-hybridized carbons (Fsp3) is 0.395. The molecule has 2 aromatic carbocycles. The van der Waals surface area contributed by atoms with E-state index in [0.29, 0.717) is 5.92 Å². The Hall–Kier alpha value is -3.17. The van der Waals surface area contributed by atoms with Gasteiger partial charge in [0.15, 0.2) is 5.78 Å². The van der Waals surface area contributed by atoms with Crippen LogP contribution in [0.15, 0.2) is 89.2 Å². The van der Waals surface area contributed by atoms with Crippen LogP contribution in [0.4, 0.5) is 5.69 Å². The smallest absolute Gasteiger partial charge is 0.166 e. The number of benzene rings is 2. The van der Waals surface area contributed by atoms with E-state index in [2.05, 4.69) is 121 Å². The lowest BCUT2D eigenvalue weighted by Crippen LogP contribution is -2.23. The number of hydrogen-bond donors (Lipinski definition) is 1. The van der Waals surface area contributed by atoms with Crippen LogP contribution in [0.5, 0.6) is 0 Å². The van der Waals surface area contributed by atoms with Gasteiger partial charge in [0.2, 0.25) is 0 Å². The third-order valence-electron chi connectivity index (χ3n) is 8.75. The molecular formula is C38H47NOS. The molecule has 0 bridgehead atoms. The van der Waals surface area contributed by atoms with Crippen LogP contribution in [-0.4, -0.2) is 5.78 Å². The SMILES string of the molecule is CC/C=C(\C(=O)C(C)[C@H](C)c1ccccc1)C1=C(Nc2ccc(C(C)CC)cc2C)/C(=C/c2ccc(C)s2)CCC1. The first-order valence-electron chi connectivity index (χ1n) is 15.4. The number of anilines is 1. The number of Topliss-reactive ketones (excluding diaryl/α,β-unsaturated/α-hetero) is 1. The van der Waals surface area contributed by atoms with Crippen molar-refractivity contribution in [2.24, 2.45) is 5.92 Å². The van der Waals surface area contributed by atoms with E-state index in [1.54, 1.807) is 0 Å². The molecule has 1 aliphatic rings. The van der Waals surface area contributed by atoms with Crippen LogP contribution in [0, 0.1) is 19.8 Å². The summed E-state index contributed by atoms with van der Waals surface area (Å²) in [7, 11) is 0. The molecule has 1 aromatic heterocycles. The summed E-state index contributed by atoms with van der Waals surface area (Å²) in [5.74, 6) is 0.808. The Bertz CT molecular complexity index is 1440. The van der Waals surface area contributed by atoms with Crippen molar-refractivity contribution in [3.8, 4) is 0 Å². The highest BCUT2D eigenvalue weighted by Gasteiger charge is 2.30. The van der Waals surface area contributed by atoms with Crippen LogP contribution in [-0.2, 0) is 4.79 Å². The first-order chi connectivity index (χ1) is 19.7. The molecular weight excluding hydrogens is 518 g/mol. The third-order valence-corrected chi connectivity index (χ3v) is 9.70. The van der Waals surface area contributed by atoms with E-state index in [0.717, 1.165) is 49.1 Å². The fourth-order valence-corrected chi connectivity index (χ4v) is 6.61. The van der Waals surface area contributed by atoms with E-state index in [4.69, 9.17) is 0 Å². The molecule has 3 aromatic rings. The van der Waals surface area contributed by atoms with Gasteiger partial charge in [-0.05, 0) is 110 Å². The Morgan fingerprint density at radius 1 is 0.951 bits per heavy atom. The maximum absolute atomic E-state index is 14.3. The van der Waals surface area contributed by atoms with E-state index in [9.17, 15) is 4.79 Å². The Morgan fingerprint density at radius 2 is 1.71 bits per heavy atom. The third kappa shape index (κ3) is 7.38. The van der Waals surface area contributed by atoms with Gasteiger partial charge in [-0.3, -0.25) is 4.79 Å². The minimum Gasteiger partial charge on any atom is -0.355 e. The summed E-state index contributed by atoms with van der Waals surface area (Å²) in [6.07, 6.45) is 9.40. The van der Waals surface area contributed by atoms with E-state index in [1.165, 1.54) is 37.6 Å². The van der Waals surface area contributed by atoms with Gasteiger partial charge >= 0.3 is 0 Å². The van der Waals surface area contributed by atoms with Gasteiger partial charge in [-0.15, -0.1) is 11.3 Å². The number of nitrogens with one attached hydrogen (secondary N) is 1. The van der Waals surface area contributed by atoms with Gasteiger partial charge in [-0.25, -0.2) is 0 Å². The normalized spacial score (nSPS) is 17.4. The summed E-state index contributed by atoms with van der Waals surface area (Å²) in [5, 5.41) is 3.88. The van der Waals surface area contributed by atoms with Crippen molar-refractivity contribution in [2.45, 2.75) is 92.4 Å². The highest BCUT2D eigenvalue weighted by molar-refractivity contribution is 7.12. The minimum atomic E-state index is -0.116. The molecule has 2 nitrogen and oxygen atoms in total. The molecule has 3 heteroatoms. The maximum atomic E-state index is 14.3. The highest BCUT2D eigenvalue weighted by atomic mass is 32.1. The summed E-state index contributed by atoms with van der Waals surface area (Å²) in [6, 6.07) is 21.7. The van der Waals surface area contributed by atoms with Gasteiger partial charge in [0.1, 0.15) is 0 Å². The number of rotatable bonds is 11. The standard InChI is InChI=1S/C38H47NOS/c1-8-14-35(38(40)29(7)28(6)30-15-11-10-12-16-30)34-18-13-17-32(24-33-21-19-27(5)41-33)37(34)39-36-22-20-31(23-26(36)4)25(3)9-2/h10-12,14-16,19-25,28-29,39H,8-9,13,17-18H2,1-7H3/b32-24+,35-14-/t25?,28-,29?/m0/s1. The van der Waals surface area contributed by atoms with Crippen molar-refractivity contribution >= 4 is 28.9 Å². The second-order valence-corrected chi connectivity index (χ2v) is 13.0. The van der Waals surface area contributed by atoms with Gasteiger partial charge in [-0.1, -0.05) is 83.2 Å². The van der Waals surface area contributed by atoms with Crippen molar-refractivity contribution in [2.75, 3.05) is 5.32 Å². The number of carbonyl (C=O) groups is 1. The molecule has 2 unspecified atom stereocenters. The molecule has 0 fully saturated rings. The molecule has 0 radical (unpaired) electrons. The Balaban J connectivity index is 1.80. The molecule has 0 aliphatic heterocycles. The van der Waals surface area contributed by atoms with Crippen molar-refractivity contribution < 1.29 is 4.79 Å². The number of thiophene rings is 1. The number of aryl methyl sites for hydroxylation is 2. The van der Waals surface area contributed by atoms with Crippen molar-refractivity contribution in [3.63, 3.8) is 0 Å². The summed E-state index contributed by atoms with van der Waals surface area (Å²) in [5.41, 5.74) is 9.42. The molecule has 0 amide bonds. The zero-order chi connectivity index (χ0) is 29.5. The van der Waals surface area contributed by atoms with Crippen LogP contribution in [0.25, 0.3) is 6.08 Å². The molecule has 4 rings (SSSR count). The van der Waals surface area contributed by atoms with E-state index < -0.39 is 0 Å². The summed E-state index contributed by atoms with van der Waals surface area (Å²) < 4.78 is 0. The molecule has 0 saturated carbocycles. The first-order valence-corrected chi connectivity index (χ1v) is 16.2. The monoisotopic (exact) mass is 565 g/mol. The molecule has 1 aliphatic carbocycles. The van der Waals surface area contributed by atoms with Gasteiger partial charge in [0.05, 0.1) is 0 Å². The predicted octanol–water partition coefficient (Wildman–Crippen LogP) is 11.2. The Kier molecular flexibility index (Phi) is 10.6. The Labute approximate surface area is 252 Å². The van der Waals surface area contributed by atoms with Crippen molar-refractivity contribution in [3.05, 3.63) is 116 Å². The van der Waals surface area contributed by atoms with Gasteiger partial charge in [0.25, 0.3) is 0 Å². The highest BCUT2D eigenvalue weighted by Crippen LogP contribution is 2.39. The molecule has 1 heterocycles. The minimum absolute atomic E-state index is 0.116. The second kappa shape index (κ2) is 14.1.